The van der Waals surface area contributed by atoms with Gasteiger partial charge in [-0.3, -0.25) is 0 Å². The SMILES string of the molecule is CCCc1c(OCCCCCBr)ccc2c1OC(C(=O)O)CC2. The van der Waals surface area contributed by atoms with E-state index in [4.69, 9.17) is 9.47 Å². The molecule has 2 rings (SSSR count). The van der Waals surface area contributed by atoms with Crippen LogP contribution in [0.5, 0.6) is 11.5 Å². The number of alkyl halides is 1. The number of benzene rings is 1. The first-order valence-electron chi connectivity index (χ1n) is 8.40. The van der Waals surface area contributed by atoms with Crippen molar-refractivity contribution in [3.63, 3.8) is 0 Å². The third kappa shape index (κ3) is 4.87. The van der Waals surface area contributed by atoms with Gasteiger partial charge in [-0.2, -0.15) is 0 Å². The molecule has 128 valence electrons. The van der Waals surface area contributed by atoms with Gasteiger partial charge in [-0.05, 0) is 50.2 Å². The van der Waals surface area contributed by atoms with Crippen LogP contribution in [0.1, 0.15) is 50.2 Å². The zero-order chi connectivity index (χ0) is 16.7. The predicted octanol–water partition coefficient (Wildman–Crippen LogP) is 4.36. The highest BCUT2D eigenvalue weighted by atomic mass is 79.9. The molecule has 1 aromatic rings. The highest BCUT2D eigenvalue weighted by Gasteiger charge is 2.28. The van der Waals surface area contributed by atoms with Crippen LogP contribution in [0.2, 0.25) is 0 Å². The molecule has 4 nitrogen and oxygen atoms in total. The number of rotatable bonds is 9. The summed E-state index contributed by atoms with van der Waals surface area (Å²) < 4.78 is 11.7. The minimum atomic E-state index is -0.890. The predicted molar refractivity (Wildman–Crippen MR) is 93.9 cm³/mol. The van der Waals surface area contributed by atoms with E-state index in [-0.39, 0.29) is 0 Å². The standard InChI is InChI=1S/C18H25BrO4/c1-2-6-14-15(22-12-5-3-4-11-19)9-7-13-8-10-16(18(20)21)23-17(13)14/h7,9,16H,2-6,8,10-12H2,1H3,(H,20,21). The van der Waals surface area contributed by atoms with E-state index < -0.39 is 12.1 Å². The van der Waals surface area contributed by atoms with Gasteiger partial charge in [0, 0.05) is 10.9 Å². The fourth-order valence-corrected chi connectivity index (χ4v) is 3.24. The van der Waals surface area contributed by atoms with Crippen LogP contribution >= 0.6 is 15.9 Å². The van der Waals surface area contributed by atoms with Gasteiger partial charge >= 0.3 is 5.97 Å². The minimum Gasteiger partial charge on any atom is -0.493 e. The topological polar surface area (TPSA) is 55.8 Å². The molecule has 0 saturated heterocycles. The second-order valence-corrected chi connectivity index (χ2v) is 6.66. The zero-order valence-electron chi connectivity index (χ0n) is 13.6. The maximum absolute atomic E-state index is 11.2. The molecule has 0 bridgehead atoms. The molecule has 0 aliphatic carbocycles. The molecule has 0 radical (unpaired) electrons. The molecule has 0 spiro atoms. The van der Waals surface area contributed by atoms with Crippen molar-refractivity contribution in [2.45, 2.75) is 58.0 Å². The van der Waals surface area contributed by atoms with Crippen LogP contribution in [0.25, 0.3) is 0 Å². The molecular weight excluding hydrogens is 360 g/mol. The fourth-order valence-electron chi connectivity index (χ4n) is 2.84. The smallest absolute Gasteiger partial charge is 0.344 e. The average Bonchev–Trinajstić information content (AvgIpc) is 2.55. The second kappa shape index (κ2) is 9.16. The quantitative estimate of drug-likeness (QED) is 0.507. The third-order valence-electron chi connectivity index (χ3n) is 4.05. The molecule has 0 aromatic heterocycles. The van der Waals surface area contributed by atoms with Crippen LogP contribution < -0.4 is 9.47 Å². The molecule has 0 fully saturated rings. The summed E-state index contributed by atoms with van der Waals surface area (Å²) in [5, 5.41) is 10.2. The van der Waals surface area contributed by atoms with Gasteiger partial charge in [-0.1, -0.05) is 35.3 Å². The lowest BCUT2D eigenvalue weighted by Crippen LogP contribution is -2.31. The number of hydrogen-bond acceptors (Lipinski definition) is 3. The highest BCUT2D eigenvalue weighted by molar-refractivity contribution is 9.09. The van der Waals surface area contributed by atoms with Gasteiger partial charge in [0.1, 0.15) is 11.5 Å². The fraction of sp³-hybridized carbons (Fsp3) is 0.611. The van der Waals surface area contributed by atoms with Crippen molar-refractivity contribution in [1.29, 1.82) is 0 Å². The van der Waals surface area contributed by atoms with E-state index in [2.05, 4.69) is 22.9 Å². The number of carboxylic acids is 1. The van der Waals surface area contributed by atoms with Crippen molar-refractivity contribution in [3.8, 4) is 11.5 Å². The van der Waals surface area contributed by atoms with Crippen LogP contribution in [-0.4, -0.2) is 29.1 Å². The lowest BCUT2D eigenvalue weighted by molar-refractivity contribution is -0.145. The number of hydrogen-bond donors (Lipinski definition) is 1. The first-order chi connectivity index (χ1) is 11.2. The van der Waals surface area contributed by atoms with Crippen LogP contribution in [0.4, 0.5) is 0 Å². The Morgan fingerprint density at radius 3 is 2.91 bits per heavy atom. The van der Waals surface area contributed by atoms with E-state index in [1.165, 1.54) is 0 Å². The number of ether oxygens (including phenoxy) is 2. The molecule has 1 aromatic carbocycles. The Morgan fingerprint density at radius 2 is 2.22 bits per heavy atom. The van der Waals surface area contributed by atoms with Crippen LogP contribution in [0.3, 0.4) is 0 Å². The highest BCUT2D eigenvalue weighted by Crippen LogP contribution is 2.38. The monoisotopic (exact) mass is 384 g/mol. The van der Waals surface area contributed by atoms with Crippen molar-refractivity contribution in [1.82, 2.24) is 0 Å². The molecular formula is C18H25BrO4. The Kier molecular flexibility index (Phi) is 7.21. The van der Waals surface area contributed by atoms with Gasteiger partial charge in [-0.25, -0.2) is 4.79 Å². The Bertz CT molecular complexity index is 530. The summed E-state index contributed by atoms with van der Waals surface area (Å²) in [6.45, 7) is 2.79. The maximum Gasteiger partial charge on any atom is 0.344 e. The Morgan fingerprint density at radius 1 is 1.39 bits per heavy atom. The maximum atomic E-state index is 11.2. The minimum absolute atomic E-state index is 0.528. The molecule has 1 aliphatic rings. The summed E-state index contributed by atoms with van der Waals surface area (Å²) in [7, 11) is 0. The van der Waals surface area contributed by atoms with Crippen molar-refractivity contribution in [2.24, 2.45) is 0 Å². The number of halogens is 1. The number of unbranched alkanes of at least 4 members (excludes halogenated alkanes) is 2. The largest absolute Gasteiger partial charge is 0.493 e. The number of carboxylic acid groups (broad SMARTS) is 1. The zero-order valence-corrected chi connectivity index (χ0v) is 15.2. The number of fused-ring (bicyclic) bond motifs is 1. The van der Waals surface area contributed by atoms with Crippen molar-refractivity contribution >= 4 is 21.9 Å². The molecule has 1 aliphatic heterocycles. The lowest BCUT2D eigenvalue weighted by Gasteiger charge is -2.26. The Hall–Kier alpha value is -1.23. The van der Waals surface area contributed by atoms with Crippen LogP contribution in [-0.2, 0) is 17.6 Å². The van der Waals surface area contributed by atoms with Crippen molar-refractivity contribution in [2.75, 3.05) is 11.9 Å². The van der Waals surface area contributed by atoms with Gasteiger partial charge in [0.2, 0.25) is 0 Å². The summed E-state index contributed by atoms with van der Waals surface area (Å²) in [5.74, 6) is 0.693. The van der Waals surface area contributed by atoms with Gasteiger partial charge in [0.25, 0.3) is 0 Å². The summed E-state index contributed by atoms with van der Waals surface area (Å²) in [5.41, 5.74) is 2.12. The van der Waals surface area contributed by atoms with E-state index in [9.17, 15) is 9.90 Å². The summed E-state index contributed by atoms with van der Waals surface area (Å²) in [6.07, 6.45) is 5.65. The van der Waals surface area contributed by atoms with Crippen LogP contribution in [0.15, 0.2) is 12.1 Å². The van der Waals surface area contributed by atoms with E-state index in [1.54, 1.807) is 0 Å². The number of aliphatic carboxylic acids is 1. The first kappa shape index (κ1) is 18.1. The molecule has 5 heteroatoms. The summed E-state index contributed by atoms with van der Waals surface area (Å²) in [4.78, 5) is 11.2. The van der Waals surface area contributed by atoms with Gasteiger partial charge in [0.15, 0.2) is 6.10 Å². The molecule has 1 unspecified atom stereocenters. The first-order valence-corrected chi connectivity index (χ1v) is 9.52. The van der Waals surface area contributed by atoms with E-state index in [1.807, 2.05) is 12.1 Å². The second-order valence-electron chi connectivity index (χ2n) is 5.86. The normalized spacial score (nSPS) is 16.5. The molecule has 1 heterocycles. The Balaban J connectivity index is 2.13. The number of carbonyl (C=O) groups is 1. The van der Waals surface area contributed by atoms with E-state index in [0.29, 0.717) is 13.0 Å². The number of aryl methyl sites for hydroxylation is 1. The molecule has 0 saturated carbocycles. The van der Waals surface area contributed by atoms with Gasteiger partial charge < -0.3 is 14.6 Å². The molecule has 1 atom stereocenters. The van der Waals surface area contributed by atoms with E-state index >= 15 is 0 Å². The molecule has 0 amide bonds. The van der Waals surface area contributed by atoms with Gasteiger partial charge in [0.05, 0.1) is 6.61 Å². The average molecular weight is 385 g/mol. The summed E-state index contributed by atoms with van der Waals surface area (Å²) >= 11 is 3.43. The van der Waals surface area contributed by atoms with Crippen LogP contribution in [0, 0.1) is 0 Å². The summed E-state index contributed by atoms with van der Waals surface area (Å²) in [6, 6.07) is 4.03. The Labute approximate surface area is 146 Å². The van der Waals surface area contributed by atoms with E-state index in [0.717, 1.165) is 66.5 Å². The third-order valence-corrected chi connectivity index (χ3v) is 4.61. The van der Waals surface area contributed by atoms with Crippen molar-refractivity contribution < 1.29 is 19.4 Å². The van der Waals surface area contributed by atoms with Gasteiger partial charge in [-0.15, -0.1) is 0 Å². The molecule has 23 heavy (non-hydrogen) atoms. The lowest BCUT2D eigenvalue weighted by atomic mass is 9.96. The molecule has 1 N–H and O–H groups in total. The van der Waals surface area contributed by atoms with Crippen molar-refractivity contribution in [3.05, 3.63) is 23.3 Å².